The Hall–Kier alpha value is -3.66. The average molecular weight is 648 g/mol. The van der Waals surface area contributed by atoms with Crippen molar-refractivity contribution in [3.63, 3.8) is 0 Å². The van der Waals surface area contributed by atoms with Crippen molar-refractivity contribution in [3.8, 4) is 0 Å². The molecule has 0 aliphatic rings. The van der Waals surface area contributed by atoms with E-state index in [0.29, 0.717) is 10.4 Å². The van der Waals surface area contributed by atoms with Gasteiger partial charge in [-0.3, -0.25) is 4.98 Å². The summed E-state index contributed by atoms with van der Waals surface area (Å²) in [5.41, 5.74) is -2.62. The van der Waals surface area contributed by atoms with Crippen molar-refractivity contribution < 1.29 is 38.8 Å². The third kappa shape index (κ3) is 6.17. The lowest BCUT2D eigenvalue weighted by molar-refractivity contribution is -0.139. The number of halogens is 6. The van der Waals surface area contributed by atoms with E-state index in [2.05, 4.69) is 10.3 Å². The molecule has 0 atom stereocenters. The van der Waals surface area contributed by atoms with E-state index in [1.165, 1.54) is 0 Å². The molecule has 0 aliphatic heterocycles. The first-order valence-corrected chi connectivity index (χ1v) is 14.8. The van der Waals surface area contributed by atoms with Gasteiger partial charge in [0.05, 0.1) is 31.8 Å². The second-order valence-electron chi connectivity index (χ2n) is 8.12. The van der Waals surface area contributed by atoms with Gasteiger partial charge in [-0.25, -0.2) is 29.9 Å². The molecule has 0 radical (unpaired) electrons. The number of hydrogen-bond donors (Lipinski definition) is 1. The first kappa shape index (κ1) is 30.3. The summed E-state index contributed by atoms with van der Waals surface area (Å²) in [6, 6.07) is 10.1. The largest absolute Gasteiger partial charge is 0.417 e. The molecule has 0 spiro atoms. The molecular formula is C25H15ClF5N3O4S3. The Morgan fingerprint density at radius 3 is 1.95 bits per heavy atom. The number of sulfonamides is 1. The van der Waals surface area contributed by atoms with Crippen molar-refractivity contribution in [2.45, 2.75) is 20.9 Å². The van der Waals surface area contributed by atoms with E-state index in [0.717, 1.165) is 79.1 Å². The first-order chi connectivity index (χ1) is 19.1. The highest BCUT2D eigenvalue weighted by atomic mass is 35.5. The Bertz CT molecular complexity index is 1840. The van der Waals surface area contributed by atoms with Gasteiger partial charge in [-0.15, -0.1) is 0 Å². The normalized spacial score (nSPS) is 12.1. The lowest BCUT2D eigenvalue weighted by Crippen LogP contribution is -2.40. The van der Waals surface area contributed by atoms with Gasteiger partial charge in [-0.05, 0) is 78.9 Å². The molecule has 7 nitrogen and oxygen atoms in total. The molecule has 0 saturated heterocycles. The van der Waals surface area contributed by atoms with Gasteiger partial charge in [0, 0.05) is 12.4 Å². The van der Waals surface area contributed by atoms with Gasteiger partial charge in [0.25, 0.3) is 10.0 Å². The second kappa shape index (κ2) is 11.3. The van der Waals surface area contributed by atoms with Crippen LogP contribution in [0.4, 0.5) is 33.3 Å². The maximum absolute atomic E-state index is 14.0. The lowest BCUT2D eigenvalue weighted by Gasteiger charge is -2.27. The van der Waals surface area contributed by atoms with Crippen LogP contribution < -0.4 is 9.62 Å². The Morgan fingerprint density at radius 1 is 0.854 bits per heavy atom. The molecule has 1 heterocycles. The van der Waals surface area contributed by atoms with E-state index >= 15 is 0 Å². The van der Waals surface area contributed by atoms with Gasteiger partial charge in [-0.2, -0.15) is 13.2 Å². The number of thiocarbonyl (C=S) groups is 1. The highest BCUT2D eigenvalue weighted by molar-refractivity contribution is 7.95. The standard InChI is InChI=1S/C25H15ClF5N3O4S3/c26-20-14-32-13-12-22(20)34(41(37,38)18-10-6-16(28)7-11-18)24(39)33-21-3-1-2-19(25(29,30)31)23(21)40(35,36)17-8-4-15(27)5-9-17/h1-14H,(H,33,39). The van der Waals surface area contributed by atoms with Crippen LogP contribution in [0.2, 0.25) is 5.02 Å². The van der Waals surface area contributed by atoms with E-state index < -0.39 is 68.7 Å². The van der Waals surface area contributed by atoms with Crippen molar-refractivity contribution in [3.05, 3.63) is 107 Å². The van der Waals surface area contributed by atoms with Crippen LogP contribution in [-0.2, 0) is 26.0 Å². The quantitative estimate of drug-likeness (QED) is 0.146. The van der Waals surface area contributed by atoms with Gasteiger partial charge in [0.2, 0.25) is 9.84 Å². The Balaban J connectivity index is 1.91. The third-order valence-electron chi connectivity index (χ3n) is 5.46. The summed E-state index contributed by atoms with van der Waals surface area (Å²) in [7, 11) is -9.71. The molecule has 0 aliphatic carbocycles. The minimum atomic E-state index is -5.18. The Kier molecular flexibility index (Phi) is 8.36. The van der Waals surface area contributed by atoms with E-state index in [9.17, 15) is 38.8 Å². The zero-order valence-electron chi connectivity index (χ0n) is 20.1. The fourth-order valence-corrected chi connectivity index (χ4v) is 7.38. The molecule has 1 N–H and O–H groups in total. The number of aromatic nitrogens is 1. The molecule has 0 fully saturated rings. The summed E-state index contributed by atoms with van der Waals surface area (Å²) in [4.78, 5) is 1.33. The number of nitrogens with one attached hydrogen (secondary N) is 1. The molecule has 16 heteroatoms. The SMILES string of the molecule is O=S(=O)(c1ccc(F)cc1)c1c(NC(=S)N(c2ccncc2Cl)S(=O)(=O)c2ccc(F)cc2)cccc1C(F)(F)F. The molecular weight excluding hydrogens is 633 g/mol. The molecule has 41 heavy (non-hydrogen) atoms. The molecule has 0 amide bonds. The number of anilines is 2. The van der Waals surface area contributed by atoms with Crippen LogP contribution in [0.3, 0.4) is 0 Å². The van der Waals surface area contributed by atoms with Crippen LogP contribution in [-0.4, -0.2) is 26.9 Å². The number of hydrogen-bond acceptors (Lipinski definition) is 6. The fourth-order valence-electron chi connectivity index (χ4n) is 3.64. The van der Waals surface area contributed by atoms with Crippen LogP contribution in [0.5, 0.6) is 0 Å². The smallest absolute Gasteiger partial charge is 0.330 e. The van der Waals surface area contributed by atoms with Crippen LogP contribution >= 0.6 is 23.8 Å². The van der Waals surface area contributed by atoms with Gasteiger partial charge in [-0.1, -0.05) is 17.7 Å². The molecule has 0 unspecified atom stereocenters. The number of benzene rings is 3. The number of rotatable bonds is 6. The van der Waals surface area contributed by atoms with E-state index in [-0.39, 0.29) is 10.7 Å². The molecule has 4 rings (SSSR count). The predicted molar refractivity (Wildman–Crippen MR) is 145 cm³/mol. The van der Waals surface area contributed by atoms with Gasteiger partial charge in [0.15, 0.2) is 5.11 Å². The predicted octanol–water partition coefficient (Wildman–Crippen LogP) is 6.46. The lowest BCUT2D eigenvalue weighted by atomic mass is 10.2. The minimum Gasteiger partial charge on any atom is -0.330 e. The summed E-state index contributed by atoms with van der Waals surface area (Å²) in [5, 5.41) is 1.24. The Morgan fingerprint density at radius 2 is 1.41 bits per heavy atom. The summed E-state index contributed by atoms with van der Waals surface area (Å²) >= 11 is 11.5. The van der Waals surface area contributed by atoms with Crippen LogP contribution in [0.25, 0.3) is 0 Å². The maximum atomic E-state index is 14.0. The summed E-state index contributed by atoms with van der Waals surface area (Å²) < 4.78 is 124. The maximum Gasteiger partial charge on any atom is 0.417 e. The van der Waals surface area contributed by atoms with Crippen LogP contribution in [0.1, 0.15) is 5.56 Å². The summed E-state index contributed by atoms with van der Waals surface area (Å²) in [6.45, 7) is 0. The number of nitrogens with zero attached hydrogens (tertiary/aromatic N) is 2. The monoisotopic (exact) mass is 647 g/mol. The topological polar surface area (TPSA) is 96.4 Å². The number of sulfone groups is 1. The van der Waals surface area contributed by atoms with Gasteiger partial charge in [0.1, 0.15) is 16.5 Å². The average Bonchev–Trinajstić information content (AvgIpc) is 2.89. The van der Waals surface area contributed by atoms with Crippen molar-refractivity contribution in [2.24, 2.45) is 0 Å². The minimum absolute atomic E-state index is 0.245. The van der Waals surface area contributed by atoms with Crippen molar-refractivity contribution in [2.75, 3.05) is 9.62 Å². The highest BCUT2D eigenvalue weighted by Gasteiger charge is 2.40. The second-order valence-corrected chi connectivity index (χ2v) is 12.6. The fraction of sp³-hybridized carbons (Fsp3) is 0.0400. The van der Waals surface area contributed by atoms with Crippen molar-refractivity contribution in [1.29, 1.82) is 0 Å². The zero-order chi connectivity index (χ0) is 30.2. The molecule has 3 aromatic carbocycles. The van der Waals surface area contributed by atoms with E-state index in [1.807, 2.05) is 0 Å². The third-order valence-corrected chi connectivity index (χ3v) is 9.75. The molecule has 4 aromatic rings. The van der Waals surface area contributed by atoms with Gasteiger partial charge < -0.3 is 5.32 Å². The molecule has 214 valence electrons. The van der Waals surface area contributed by atoms with E-state index in [4.69, 9.17) is 23.8 Å². The van der Waals surface area contributed by atoms with Gasteiger partial charge >= 0.3 is 6.18 Å². The van der Waals surface area contributed by atoms with Crippen LogP contribution in [0, 0.1) is 11.6 Å². The van der Waals surface area contributed by atoms with Crippen LogP contribution in [0.15, 0.2) is 99.9 Å². The zero-order valence-corrected chi connectivity index (χ0v) is 23.3. The molecule has 1 aromatic heterocycles. The van der Waals surface area contributed by atoms with Crippen molar-refractivity contribution in [1.82, 2.24) is 4.98 Å². The molecule has 0 saturated carbocycles. The summed E-state index contributed by atoms with van der Waals surface area (Å²) in [6.07, 6.45) is -2.96. The summed E-state index contributed by atoms with van der Waals surface area (Å²) in [5.74, 6) is -1.58. The van der Waals surface area contributed by atoms with E-state index in [1.54, 1.807) is 0 Å². The molecule has 0 bridgehead atoms. The highest BCUT2D eigenvalue weighted by Crippen LogP contribution is 2.41. The number of alkyl halides is 3. The Labute approximate surface area is 241 Å². The van der Waals surface area contributed by atoms with Crippen molar-refractivity contribution >= 4 is 60.2 Å². The first-order valence-electron chi connectivity index (χ1n) is 11.1. The number of pyridine rings is 1.